The second-order valence-electron chi connectivity index (χ2n) is 3.08. The second kappa shape index (κ2) is 10.9. The number of rotatable bonds is 5. The van der Waals surface area contributed by atoms with Crippen LogP contribution in [0.2, 0.25) is 0 Å². The van der Waals surface area contributed by atoms with E-state index in [1.54, 1.807) is 6.92 Å². The molecule has 0 aromatic carbocycles. The van der Waals surface area contributed by atoms with E-state index in [4.69, 9.17) is 10.2 Å². The fraction of sp³-hybridized carbons (Fsp3) is 0.364. The first-order valence-corrected chi connectivity index (χ1v) is 5.03. The Balaban J connectivity index is 0. The van der Waals surface area contributed by atoms with Crippen molar-refractivity contribution in [2.75, 3.05) is 13.8 Å². The Bertz CT molecular complexity index is 353. The highest BCUT2D eigenvalue weighted by molar-refractivity contribution is 5.92. The monoisotopic (exact) mass is 274 g/mol. The maximum Gasteiger partial charge on any atom is 0.356 e. The van der Waals surface area contributed by atoms with E-state index in [0.717, 1.165) is 13.2 Å². The zero-order valence-corrected chi connectivity index (χ0v) is 10.8. The fourth-order valence-electron chi connectivity index (χ4n) is 0.587. The van der Waals surface area contributed by atoms with E-state index in [9.17, 15) is 14.4 Å². The van der Waals surface area contributed by atoms with Crippen LogP contribution in [0.15, 0.2) is 24.8 Å². The molecular formula is C11H18N2O6. The summed E-state index contributed by atoms with van der Waals surface area (Å²) in [6.07, 6.45) is -0.683. The molecule has 2 amide bonds. The van der Waals surface area contributed by atoms with Crippen LogP contribution in [0.25, 0.3) is 0 Å². The van der Waals surface area contributed by atoms with Crippen molar-refractivity contribution in [3.05, 3.63) is 24.8 Å². The van der Waals surface area contributed by atoms with Gasteiger partial charge in [-0.25, -0.2) is 4.79 Å². The molecule has 4 N–H and O–H groups in total. The quantitative estimate of drug-likeness (QED) is 0.272. The van der Waals surface area contributed by atoms with Crippen LogP contribution in [0.3, 0.4) is 0 Å². The number of carbonyl (C=O) groups is 3. The summed E-state index contributed by atoms with van der Waals surface area (Å²) in [4.78, 5) is 31.3. The fourth-order valence-corrected chi connectivity index (χ4v) is 0.587. The average Bonchev–Trinajstić information content (AvgIpc) is 2.38. The number of hydrogen-bond donors (Lipinski definition) is 4. The molecule has 0 heterocycles. The second-order valence-corrected chi connectivity index (χ2v) is 3.08. The first kappa shape index (κ1) is 19.2. The molecule has 1 atom stereocenters. The van der Waals surface area contributed by atoms with Gasteiger partial charge in [-0.1, -0.05) is 13.2 Å². The number of methoxy groups -OCH3 is 1. The number of aliphatic hydroxyl groups is 2. The van der Waals surface area contributed by atoms with Crippen molar-refractivity contribution in [3.8, 4) is 0 Å². The van der Waals surface area contributed by atoms with Gasteiger partial charge in [-0.2, -0.15) is 0 Å². The number of nitrogens with one attached hydrogen (secondary N) is 2. The van der Waals surface area contributed by atoms with Crippen LogP contribution in [0, 0.1) is 0 Å². The van der Waals surface area contributed by atoms with Gasteiger partial charge in [-0.15, -0.1) is 0 Å². The van der Waals surface area contributed by atoms with Crippen LogP contribution >= 0.6 is 0 Å². The molecule has 0 bridgehead atoms. The molecule has 0 aromatic rings. The molecule has 8 heteroatoms. The van der Waals surface area contributed by atoms with Crippen LogP contribution in [0.4, 0.5) is 0 Å². The highest BCUT2D eigenvalue weighted by atomic mass is 16.5. The van der Waals surface area contributed by atoms with Gasteiger partial charge < -0.3 is 25.6 Å². The number of esters is 1. The van der Waals surface area contributed by atoms with E-state index in [2.05, 4.69) is 23.2 Å². The molecular weight excluding hydrogens is 256 g/mol. The van der Waals surface area contributed by atoms with Crippen LogP contribution in [-0.4, -0.2) is 48.1 Å². The molecule has 0 fully saturated rings. The predicted molar refractivity (Wildman–Crippen MR) is 66.4 cm³/mol. The number of aliphatic hydroxyl groups excluding tert-OH is 2. The standard InChI is InChI=1S/C6H9NO4.C5H9NO2/c1-3-4(8)7-5(9)6(10)11-2;1-4(2)5(8)6-3-7/h3,5,9H,1H2,2H3,(H,7,8);7H,1,3H2,2H3,(H,6,8). The summed E-state index contributed by atoms with van der Waals surface area (Å²) in [5.74, 6) is -1.87. The SMILES string of the molecule is C=C(C)C(=O)NCO.C=CC(=O)NC(O)C(=O)OC. The molecule has 0 aliphatic carbocycles. The van der Waals surface area contributed by atoms with Gasteiger partial charge in [0.2, 0.25) is 18.0 Å². The Labute approximate surface area is 110 Å². The van der Waals surface area contributed by atoms with E-state index in [-0.39, 0.29) is 12.6 Å². The Hall–Kier alpha value is -2.19. The van der Waals surface area contributed by atoms with Crippen molar-refractivity contribution in [3.63, 3.8) is 0 Å². The van der Waals surface area contributed by atoms with Crippen LogP contribution in [0.1, 0.15) is 6.92 Å². The summed E-state index contributed by atoms with van der Waals surface area (Å²) in [6, 6.07) is 0. The van der Waals surface area contributed by atoms with Gasteiger partial charge in [0.05, 0.1) is 7.11 Å². The lowest BCUT2D eigenvalue weighted by atomic mass is 10.3. The molecule has 0 saturated carbocycles. The molecule has 0 aromatic heterocycles. The van der Waals surface area contributed by atoms with Crippen molar-refractivity contribution in [2.24, 2.45) is 0 Å². The van der Waals surface area contributed by atoms with Crippen molar-refractivity contribution in [1.29, 1.82) is 0 Å². The van der Waals surface area contributed by atoms with Gasteiger partial charge in [0, 0.05) is 5.57 Å². The normalized spacial score (nSPS) is 10.1. The number of carbonyl (C=O) groups excluding carboxylic acids is 3. The van der Waals surface area contributed by atoms with E-state index < -0.39 is 18.1 Å². The van der Waals surface area contributed by atoms with Crippen molar-refractivity contribution < 1.29 is 29.3 Å². The molecule has 0 spiro atoms. The molecule has 0 rings (SSSR count). The molecule has 1 unspecified atom stereocenters. The Kier molecular flexibility index (Phi) is 11.0. The summed E-state index contributed by atoms with van der Waals surface area (Å²) in [6.45, 7) is 7.72. The summed E-state index contributed by atoms with van der Waals surface area (Å²) in [5.41, 5.74) is 0.402. The molecule has 0 radical (unpaired) electrons. The van der Waals surface area contributed by atoms with Gasteiger partial charge in [0.1, 0.15) is 6.73 Å². The minimum Gasteiger partial charge on any atom is -0.466 e. The minimum absolute atomic E-state index is 0.312. The van der Waals surface area contributed by atoms with Crippen molar-refractivity contribution in [2.45, 2.75) is 13.2 Å². The third kappa shape index (κ3) is 10.7. The number of amides is 2. The summed E-state index contributed by atoms with van der Waals surface area (Å²) < 4.78 is 4.12. The smallest absolute Gasteiger partial charge is 0.356 e. The van der Waals surface area contributed by atoms with Gasteiger partial charge in [-0.05, 0) is 13.0 Å². The third-order valence-electron chi connectivity index (χ3n) is 1.52. The molecule has 108 valence electrons. The van der Waals surface area contributed by atoms with Crippen molar-refractivity contribution >= 4 is 17.8 Å². The maximum atomic E-state index is 10.4. The largest absolute Gasteiger partial charge is 0.466 e. The minimum atomic E-state index is -1.62. The van der Waals surface area contributed by atoms with Gasteiger partial charge >= 0.3 is 5.97 Å². The lowest BCUT2D eigenvalue weighted by Crippen LogP contribution is -2.40. The first-order valence-electron chi connectivity index (χ1n) is 5.03. The van der Waals surface area contributed by atoms with Crippen LogP contribution in [0.5, 0.6) is 0 Å². The molecule has 8 nitrogen and oxygen atoms in total. The lowest BCUT2D eigenvalue weighted by Gasteiger charge is -2.07. The zero-order valence-electron chi connectivity index (χ0n) is 10.8. The topological polar surface area (TPSA) is 125 Å². The van der Waals surface area contributed by atoms with Gasteiger partial charge in [0.15, 0.2) is 0 Å². The highest BCUT2D eigenvalue weighted by Gasteiger charge is 2.15. The summed E-state index contributed by atoms with van der Waals surface area (Å²) >= 11 is 0. The average molecular weight is 274 g/mol. The van der Waals surface area contributed by atoms with E-state index in [1.165, 1.54) is 0 Å². The summed E-state index contributed by atoms with van der Waals surface area (Å²) in [5, 5.41) is 20.9. The van der Waals surface area contributed by atoms with Crippen LogP contribution < -0.4 is 10.6 Å². The van der Waals surface area contributed by atoms with E-state index in [0.29, 0.717) is 5.57 Å². The maximum absolute atomic E-state index is 10.4. The Morgan fingerprint density at radius 2 is 1.95 bits per heavy atom. The molecule has 0 aliphatic rings. The Morgan fingerprint density at radius 1 is 1.42 bits per heavy atom. The Morgan fingerprint density at radius 3 is 2.21 bits per heavy atom. The zero-order chi connectivity index (χ0) is 15.4. The van der Waals surface area contributed by atoms with E-state index in [1.807, 2.05) is 5.32 Å². The molecule has 19 heavy (non-hydrogen) atoms. The van der Waals surface area contributed by atoms with Gasteiger partial charge in [-0.3, -0.25) is 9.59 Å². The predicted octanol–water partition coefficient (Wildman–Crippen LogP) is -1.59. The van der Waals surface area contributed by atoms with Crippen molar-refractivity contribution in [1.82, 2.24) is 10.6 Å². The summed E-state index contributed by atoms with van der Waals surface area (Å²) in [7, 11) is 1.10. The van der Waals surface area contributed by atoms with Crippen LogP contribution in [-0.2, 0) is 19.1 Å². The first-order chi connectivity index (χ1) is 8.79. The molecule has 0 saturated heterocycles. The lowest BCUT2D eigenvalue weighted by molar-refractivity contribution is -0.154. The number of ether oxygens (including phenoxy) is 1. The van der Waals surface area contributed by atoms with Gasteiger partial charge in [0.25, 0.3) is 0 Å². The number of hydrogen-bond acceptors (Lipinski definition) is 6. The van der Waals surface area contributed by atoms with E-state index >= 15 is 0 Å². The molecule has 0 aliphatic heterocycles. The highest BCUT2D eigenvalue weighted by Crippen LogP contribution is 1.82. The third-order valence-corrected chi connectivity index (χ3v) is 1.52.